The van der Waals surface area contributed by atoms with E-state index < -0.39 is 0 Å². The van der Waals surface area contributed by atoms with Gasteiger partial charge in [-0.2, -0.15) is 11.8 Å². The smallest absolute Gasteiger partial charge is 0.170 e. The average molecular weight is 391 g/mol. The van der Waals surface area contributed by atoms with Crippen LogP contribution in [0.4, 0.5) is 5.69 Å². The normalized spacial score (nSPS) is 10.3. The van der Waals surface area contributed by atoms with E-state index in [1.54, 1.807) is 14.2 Å². The molecule has 0 spiro atoms. The van der Waals surface area contributed by atoms with Gasteiger partial charge in [-0.15, -0.1) is 0 Å². The number of hydrogen-bond acceptors (Lipinski definition) is 4. The first kappa shape index (κ1) is 20.4. The molecule has 0 bridgehead atoms. The first-order valence-corrected chi connectivity index (χ1v) is 10.1. The maximum atomic E-state index is 5.34. The summed E-state index contributed by atoms with van der Waals surface area (Å²) in [5.74, 6) is 3.52. The SMILES string of the molecule is COc1ccc(NC(=S)NCCCSCc2cccc(C)c2)cc1OC. The number of nitrogens with one attached hydrogen (secondary N) is 2. The van der Waals surface area contributed by atoms with E-state index >= 15 is 0 Å². The first-order valence-electron chi connectivity index (χ1n) is 8.52. The molecule has 0 aliphatic rings. The largest absolute Gasteiger partial charge is 0.493 e. The Kier molecular flexibility index (Phi) is 8.58. The second-order valence-corrected chi connectivity index (χ2v) is 7.36. The van der Waals surface area contributed by atoms with E-state index in [0.29, 0.717) is 16.6 Å². The van der Waals surface area contributed by atoms with Gasteiger partial charge in [0.2, 0.25) is 0 Å². The molecule has 140 valence electrons. The summed E-state index contributed by atoms with van der Waals surface area (Å²) in [6, 6.07) is 14.3. The monoisotopic (exact) mass is 390 g/mol. The second-order valence-electron chi connectivity index (χ2n) is 5.85. The van der Waals surface area contributed by atoms with Gasteiger partial charge in [0.15, 0.2) is 16.6 Å². The average Bonchev–Trinajstić information content (AvgIpc) is 2.64. The van der Waals surface area contributed by atoms with E-state index in [1.807, 2.05) is 30.0 Å². The standard InChI is InChI=1S/C20H26N2O2S2/c1-15-6-4-7-16(12-15)14-26-11-5-10-21-20(25)22-17-8-9-18(23-2)19(13-17)24-3/h4,6-9,12-13H,5,10-11,14H2,1-3H3,(H2,21,22,25). The van der Waals surface area contributed by atoms with E-state index in [1.165, 1.54) is 11.1 Å². The Morgan fingerprint density at radius 3 is 2.62 bits per heavy atom. The lowest BCUT2D eigenvalue weighted by atomic mass is 10.2. The zero-order valence-electron chi connectivity index (χ0n) is 15.5. The van der Waals surface area contributed by atoms with Gasteiger partial charge in [-0.1, -0.05) is 29.8 Å². The van der Waals surface area contributed by atoms with Crippen LogP contribution in [-0.4, -0.2) is 31.6 Å². The highest BCUT2D eigenvalue weighted by Gasteiger charge is 2.05. The van der Waals surface area contributed by atoms with Crippen LogP contribution in [0.1, 0.15) is 17.5 Å². The van der Waals surface area contributed by atoms with Gasteiger partial charge in [0.1, 0.15) is 0 Å². The Labute approximate surface area is 165 Å². The molecular weight excluding hydrogens is 364 g/mol. The molecule has 0 unspecified atom stereocenters. The lowest BCUT2D eigenvalue weighted by Crippen LogP contribution is -2.29. The van der Waals surface area contributed by atoms with Gasteiger partial charge in [-0.3, -0.25) is 0 Å². The number of ether oxygens (including phenoxy) is 2. The van der Waals surface area contributed by atoms with E-state index in [-0.39, 0.29) is 0 Å². The first-order chi connectivity index (χ1) is 12.6. The maximum Gasteiger partial charge on any atom is 0.170 e. The quantitative estimate of drug-likeness (QED) is 0.481. The van der Waals surface area contributed by atoms with Crippen LogP contribution in [-0.2, 0) is 5.75 Å². The third-order valence-corrected chi connectivity index (χ3v) is 5.10. The molecular formula is C20H26N2O2S2. The van der Waals surface area contributed by atoms with Crippen LogP contribution < -0.4 is 20.1 Å². The molecule has 0 aliphatic carbocycles. The van der Waals surface area contributed by atoms with Gasteiger partial charge < -0.3 is 20.1 Å². The predicted molar refractivity (Wildman–Crippen MR) is 116 cm³/mol. The summed E-state index contributed by atoms with van der Waals surface area (Å²) in [6.07, 6.45) is 1.06. The molecule has 2 aromatic carbocycles. The molecule has 0 fully saturated rings. The van der Waals surface area contributed by atoms with E-state index in [2.05, 4.69) is 41.8 Å². The number of thioether (sulfide) groups is 1. The highest BCUT2D eigenvalue weighted by Crippen LogP contribution is 2.29. The third-order valence-electron chi connectivity index (χ3n) is 3.74. The number of aryl methyl sites for hydroxylation is 1. The summed E-state index contributed by atoms with van der Waals surface area (Å²) in [5, 5.41) is 7.02. The number of rotatable bonds is 9. The number of hydrogen-bond donors (Lipinski definition) is 2. The fourth-order valence-electron chi connectivity index (χ4n) is 2.46. The van der Waals surface area contributed by atoms with Gasteiger partial charge >= 0.3 is 0 Å². The molecule has 0 atom stereocenters. The minimum Gasteiger partial charge on any atom is -0.493 e. The molecule has 0 heterocycles. The summed E-state index contributed by atoms with van der Waals surface area (Å²) in [6.45, 7) is 2.98. The molecule has 0 radical (unpaired) electrons. The zero-order chi connectivity index (χ0) is 18.8. The van der Waals surface area contributed by atoms with Gasteiger partial charge in [0.05, 0.1) is 14.2 Å². The highest BCUT2D eigenvalue weighted by molar-refractivity contribution is 7.98. The Hall–Kier alpha value is -1.92. The van der Waals surface area contributed by atoms with Gasteiger partial charge in [-0.25, -0.2) is 0 Å². The molecule has 2 N–H and O–H groups in total. The van der Waals surface area contributed by atoms with Crippen LogP contribution in [0.5, 0.6) is 11.5 Å². The number of anilines is 1. The molecule has 2 aromatic rings. The van der Waals surface area contributed by atoms with E-state index in [9.17, 15) is 0 Å². The Balaban J connectivity index is 1.64. The molecule has 0 amide bonds. The Morgan fingerprint density at radius 1 is 1.08 bits per heavy atom. The van der Waals surface area contributed by atoms with Crippen LogP contribution >= 0.6 is 24.0 Å². The molecule has 2 rings (SSSR count). The van der Waals surface area contributed by atoms with Gasteiger partial charge in [0.25, 0.3) is 0 Å². The van der Waals surface area contributed by atoms with Crippen LogP contribution in [0.25, 0.3) is 0 Å². The molecule has 0 aliphatic heterocycles. The zero-order valence-corrected chi connectivity index (χ0v) is 17.1. The van der Waals surface area contributed by atoms with Crippen molar-refractivity contribution in [3.05, 3.63) is 53.6 Å². The topological polar surface area (TPSA) is 42.5 Å². The summed E-state index contributed by atoms with van der Waals surface area (Å²) in [4.78, 5) is 0. The molecule has 4 nitrogen and oxygen atoms in total. The molecule has 0 aromatic heterocycles. The molecule has 26 heavy (non-hydrogen) atoms. The second kappa shape index (κ2) is 10.9. The van der Waals surface area contributed by atoms with Crippen molar-refractivity contribution < 1.29 is 9.47 Å². The van der Waals surface area contributed by atoms with Gasteiger partial charge in [-0.05, 0) is 49.0 Å². The van der Waals surface area contributed by atoms with Crippen LogP contribution in [0.15, 0.2) is 42.5 Å². The van der Waals surface area contributed by atoms with Crippen molar-refractivity contribution in [3.8, 4) is 11.5 Å². The molecule has 0 saturated heterocycles. The van der Waals surface area contributed by atoms with Crippen molar-refractivity contribution >= 4 is 34.8 Å². The lowest BCUT2D eigenvalue weighted by Gasteiger charge is -2.13. The Morgan fingerprint density at radius 2 is 1.88 bits per heavy atom. The summed E-state index contributed by atoms with van der Waals surface area (Å²) >= 11 is 7.29. The summed E-state index contributed by atoms with van der Waals surface area (Å²) < 4.78 is 10.5. The van der Waals surface area contributed by atoms with E-state index in [4.69, 9.17) is 21.7 Å². The van der Waals surface area contributed by atoms with Crippen LogP contribution in [0.2, 0.25) is 0 Å². The van der Waals surface area contributed by atoms with Crippen molar-refractivity contribution in [2.45, 2.75) is 19.1 Å². The van der Waals surface area contributed by atoms with Crippen molar-refractivity contribution in [1.82, 2.24) is 5.32 Å². The fraction of sp³-hybridized carbons (Fsp3) is 0.350. The number of thiocarbonyl (C=S) groups is 1. The number of methoxy groups -OCH3 is 2. The lowest BCUT2D eigenvalue weighted by molar-refractivity contribution is 0.355. The number of benzene rings is 2. The molecule has 0 saturated carbocycles. The van der Waals surface area contributed by atoms with Crippen LogP contribution in [0, 0.1) is 6.92 Å². The Bertz CT molecular complexity index is 723. The van der Waals surface area contributed by atoms with Crippen molar-refractivity contribution in [2.24, 2.45) is 0 Å². The van der Waals surface area contributed by atoms with Crippen molar-refractivity contribution in [2.75, 3.05) is 31.8 Å². The predicted octanol–water partition coefficient (Wildman–Crippen LogP) is 4.62. The van der Waals surface area contributed by atoms with Gasteiger partial charge in [0, 0.05) is 24.1 Å². The third kappa shape index (κ3) is 6.77. The molecule has 6 heteroatoms. The van der Waals surface area contributed by atoms with Crippen LogP contribution in [0.3, 0.4) is 0 Å². The van der Waals surface area contributed by atoms with E-state index in [0.717, 1.165) is 30.2 Å². The summed E-state index contributed by atoms with van der Waals surface area (Å²) in [7, 11) is 3.24. The minimum absolute atomic E-state index is 0.612. The minimum atomic E-state index is 0.612. The van der Waals surface area contributed by atoms with Crippen molar-refractivity contribution in [3.63, 3.8) is 0 Å². The highest BCUT2D eigenvalue weighted by atomic mass is 32.2. The maximum absolute atomic E-state index is 5.34. The van der Waals surface area contributed by atoms with Crippen molar-refractivity contribution in [1.29, 1.82) is 0 Å². The fourth-order valence-corrected chi connectivity index (χ4v) is 3.59. The summed E-state index contributed by atoms with van der Waals surface area (Å²) in [5.41, 5.74) is 3.57.